The zero-order chi connectivity index (χ0) is 27.8. The van der Waals surface area contributed by atoms with E-state index in [1.54, 1.807) is 36.4 Å². The number of fused-ring (bicyclic) bond motifs is 1. The molecule has 0 fully saturated rings. The molecule has 0 spiro atoms. The molecule has 0 aliphatic heterocycles. The van der Waals surface area contributed by atoms with Crippen molar-refractivity contribution in [1.82, 2.24) is 9.97 Å². The Morgan fingerprint density at radius 3 is 2.36 bits per heavy atom. The number of nitrogens with zero attached hydrogens (tertiary/aromatic N) is 2. The van der Waals surface area contributed by atoms with Crippen molar-refractivity contribution in [3.63, 3.8) is 0 Å². The maximum Gasteiger partial charge on any atom is 0.263 e. The Labute approximate surface area is 225 Å². The van der Waals surface area contributed by atoms with Gasteiger partial charge in [-0.25, -0.2) is 18.4 Å². The second-order valence-corrected chi connectivity index (χ2v) is 9.86. The lowest BCUT2D eigenvalue weighted by Crippen LogP contribution is -2.20. The van der Waals surface area contributed by atoms with Crippen molar-refractivity contribution in [2.45, 2.75) is 4.90 Å². The minimum atomic E-state index is -4.17. The standard InChI is InChI=1S/C26H27N5O7S/c1-36-10-11-38-16-24(33)27-17-6-5-7-21(14-17)39(34,35)31-26-25(29-22-8-3-4-9-23(22)30-26)28-18-12-19(32)15-20(13-18)37-2/h3-9,12-15,32H,10-11,16H2,1-2H3,(H,27,33)(H,28,29)(H,30,31). The normalized spacial score (nSPS) is 11.2. The number of hydrogen-bond donors (Lipinski definition) is 4. The number of para-hydroxylation sites is 2. The lowest BCUT2D eigenvalue weighted by Gasteiger charge is -2.15. The van der Waals surface area contributed by atoms with E-state index in [0.29, 0.717) is 29.1 Å². The molecule has 1 amide bonds. The summed E-state index contributed by atoms with van der Waals surface area (Å²) in [5, 5.41) is 15.6. The molecule has 13 heteroatoms. The van der Waals surface area contributed by atoms with Crippen LogP contribution in [0.4, 0.5) is 23.0 Å². The lowest BCUT2D eigenvalue weighted by molar-refractivity contribution is -0.121. The highest BCUT2D eigenvalue weighted by molar-refractivity contribution is 7.92. The summed E-state index contributed by atoms with van der Waals surface area (Å²) in [7, 11) is -1.19. The molecule has 0 atom stereocenters. The minimum absolute atomic E-state index is 0.0595. The van der Waals surface area contributed by atoms with E-state index in [9.17, 15) is 18.3 Å². The van der Waals surface area contributed by atoms with Gasteiger partial charge < -0.3 is 30.0 Å². The van der Waals surface area contributed by atoms with Crippen molar-refractivity contribution in [1.29, 1.82) is 0 Å². The number of benzene rings is 3. The van der Waals surface area contributed by atoms with Gasteiger partial charge in [0.1, 0.15) is 18.1 Å². The monoisotopic (exact) mass is 553 g/mol. The van der Waals surface area contributed by atoms with Crippen LogP contribution in [0.15, 0.2) is 71.6 Å². The van der Waals surface area contributed by atoms with Crippen molar-refractivity contribution in [3.8, 4) is 11.5 Å². The Bertz CT molecular complexity index is 1580. The number of phenols is 1. The molecule has 39 heavy (non-hydrogen) atoms. The summed E-state index contributed by atoms with van der Waals surface area (Å²) in [6.45, 7) is 0.390. The van der Waals surface area contributed by atoms with Crippen molar-refractivity contribution >= 4 is 50.0 Å². The first-order valence-corrected chi connectivity index (χ1v) is 13.2. The average molecular weight is 554 g/mol. The SMILES string of the molecule is COCCOCC(=O)Nc1cccc(S(=O)(=O)Nc2nc3ccccc3nc2Nc2cc(O)cc(OC)c2)c1. The second-order valence-electron chi connectivity index (χ2n) is 8.18. The first kappa shape index (κ1) is 27.6. The third kappa shape index (κ3) is 7.31. The molecule has 204 valence electrons. The number of aromatic hydroxyl groups is 1. The first-order valence-electron chi connectivity index (χ1n) is 11.7. The van der Waals surface area contributed by atoms with Crippen LogP contribution in [0.2, 0.25) is 0 Å². The van der Waals surface area contributed by atoms with Crippen molar-refractivity contribution in [2.24, 2.45) is 0 Å². The van der Waals surface area contributed by atoms with Gasteiger partial charge >= 0.3 is 0 Å². The van der Waals surface area contributed by atoms with Crippen molar-refractivity contribution in [3.05, 3.63) is 66.7 Å². The molecular formula is C26H27N5O7S. The number of hydrogen-bond acceptors (Lipinski definition) is 10. The van der Waals surface area contributed by atoms with Gasteiger partial charge in [-0.3, -0.25) is 9.52 Å². The fourth-order valence-electron chi connectivity index (χ4n) is 3.50. The summed E-state index contributed by atoms with van der Waals surface area (Å²) in [5.41, 5.74) is 1.65. The van der Waals surface area contributed by atoms with E-state index in [1.807, 2.05) is 0 Å². The Hall–Kier alpha value is -4.46. The second kappa shape index (κ2) is 12.4. The predicted molar refractivity (Wildman–Crippen MR) is 146 cm³/mol. The van der Waals surface area contributed by atoms with Gasteiger partial charge in [-0.2, -0.15) is 0 Å². The smallest absolute Gasteiger partial charge is 0.263 e. The van der Waals surface area contributed by atoms with Crippen LogP contribution < -0.4 is 20.1 Å². The number of rotatable bonds is 12. The highest BCUT2D eigenvalue weighted by Crippen LogP contribution is 2.31. The summed E-state index contributed by atoms with van der Waals surface area (Å²) in [6, 6.07) is 17.2. The maximum atomic E-state index is 13.4. The molecule has 4 aromatic rings. The van der Waals surface area contributed by atoms with Gasteiger partial charge in [-0.1, -0.05) is 18.2 Å². The third-order valence-corrected chi connectivity index (χ3v) is 6.62. The molecule has 0 aliphatic rings. The lowest BCUT2D eigenvalue weighted by atomic mass is 10.2. The molecule has 0 bridgehead atoms. The van der Waals surface area contributed by atoms with Crippen LogP contribution in [0.1, 0.15) is 0 Å². The van der Waals surface area contributed by atoms with Crippen LogP contribution in [-0.4, -0.2) is 63.4 Å². The quantitative estimate of drug-likeness (QED) is 0.191. The number of nitrogens with one attached hydrogen (secondary N) is 3. The predicted octanol–water partition coefficient (Wildman–Crippen LogP) is 3.49. The number of phenolic OH excluding ortho intramolecular Hbond substituents is 1. The average Bonchev–Trinajstić information content (AvgIpc) is 2.91. The Kier molecular flexibility index (Phi) is 8.76. The molecule has 1 aromatic heterocycles. The van der Waals surface area contributed by atoms with E-state index in [-0.39, 0.29) is 41.2 Å². The van der Waals surface area contributed by atoms with Gasteiger partial charge in [0, 0.05) is 36.7 Å². The summed E-state index contributed by atoms with van der Waals surface area (Å²) in [5.74, 6) is -0.0892. The largest absolute Gasteiger partial charge is 0.508 e. The molecular weight excluding hydrogens is 526 g/mol. The molecule has 12 nitrogen and oxygen atoms in total. The van der Waals surface area contributed by atoms with Gasteiger partial charge in [0.15, 0.2) is 11.6 Å². The Balaban J connectivity index is 1.61. The topological polar surface area (TPSA) is 161 Å². The molecule has 0 aliphatic carbocycles. The Morgan fingerprint density at radius 2 is 1.64 bits per heavy atom. The number of amides is 1. The maximum absolute atomic E-state index is 13.4. The first-order chi connectivity index (χ1) is 18.8. The van der Waals surface area contributed by atoms with Crippen LogP contribution in [0.5, 0.6) is 11.5 Å². The molecule has 4 N–H and O–H groups in total. The highest BCUT2D eigenvalue weighted by atomic mass is 32.2. The van der Waals surface area contributed by atoms with Gasteiger partial charge in [-0.05, 0) is 30.3 Å². The number of methoxy groups -OCH3 is 2. The Morgan fingerprint density at radius 1 is 0.897 bits per heavy atom. The molecule has 0 unspecified atom stereocenters. The van der Waals surface area contributed by atoms with Gasteiger partial charge in [0.05, 0.1) is 36.3 Å². The zero-order valence-corrected chi connectivity index (χ0v) is 22.0. The fourth-order valence-corrected chi connectivity index (χ4v) is 4.55. The number of carbonyl (C=O) groups excluding carboxylic acids is 1. The zero-order valence-electron chi connectivity index (χ0n) is 21.2. The van der Waals surface area contributed by atoms with E-state index in [1.165, 1.54) is 44.6 Å². The van der Waals surface area contributed by atoms with E-state index in [0.717, 1.165) is 0 Å². The van der Waals surface area contributed by atoms with Crippen LogP contribution in [0.25, 0.3) is 11.0 Å². The summed E-state index contributed by atoms with van der Waals surface area (Å²) in [4.78, 5) is 21.0. The van der Waals surface area contributed by atoms with E-state index in [4.69, 9.17) is 14.2 Å². The highest BCUT2D eigenvalue weighted by Gasteiger charge is 2.20. The molecule has 1 heterocycles. The summed E-state index contributed by atoms with van der Waals surface area (Å²) >= 11 is 0. The van der Waals surface area contributed by atoms with Crippen LogP contribution >= 0.6 is 0 Å². The van der Waals surface area contributed by atoms with E-state index in [2.05, 4.69) is 25.3 Å². The minimum Gasteiger partial charge on any atom is -0.508 e. The fraction of sp³-hybridized carbons (Fsp3) is 0.192. The molecule has 4 rings (SSSR count). The number of anilines is 4. The summed E-state index contributed by atoms with van der Waals surface area (Å²) < 4.78 is 44.4. The van der Waals surface area contributed by atoms with Crippen LogP contribution in [-0.2, 0) is 24.3 Å². The number of aromatic nitrogens is 2. The summed E-state index contributed by atoms with van der Waals surface area (Å²) in [6.07, 6.45) is 0. The van der Waals surface area contributed by atoms with Gasteiger partial charge in [-0.15, -0.1) is 0 Å². The third-order valence-electron chi connectivity index (χ3n) is 5.28. The van der Waals surface area contributed by atoms with Crippen LogP contribution in [0.3, 0.4) is 0 Å². The van der Waals surface area contributed by atoms with E-state index < -0.39 is 15.9 Å². The number of sulfonamides is 1. The number of carbonyl (C=O) groups is 1. The van der Waals surface area contributed by atoms with Crippen molar-refractivity contribution in [2.75, 3.05) is 49.4 Å². The molecule has 3 aromatic carbocycles. The van der Waals surface area contributed by atoms with Gasteiger partial charge in [0.25, 0.3) is 10.0 Å². The van der Waals surface area contributed by atoms with E-state index >= 15 is 0 Å². The van der Waals surface area contributed by atoms with Crippen LogP contribution in [0, 0.1) is 0 Å². The number of ether oxygens (including phenoxy) is 3. The molecule has 0 saturated heterocycles. The van der Waals surface area contributed by atoms with Crippen molar-refractivity contribution < 1.29 is 32.5 Å². The molecule has 0 radical (unpaired) electrons. The van der Waals surface area contributed by atoms with Gasteiger partial charge in [0.2, 0.25) is 5.91 Å². The molecule has 0 saturated carbocycles.